The first kappa shape index (κ1) is 25.4. The topological polar surface area (TPSA) is 75.4 Å². The zero-order valence-electron chi connectivity index (χ0n) is 16.7. The molecule has 1 aliphatic rings. The fourth-order valence-electron chi connectivity index (χ4n) is 3.53. The van der Waals surface area contributed by atoms with Crippen LogP contribution < -0.4 is 10.6 Å². The van der Waals surface area contributed by atoms with Crippen LogP contribution in [-0.2, 0) is 11.2 Å². The molecule has 166 valence electrons. The molecule has 10 heteroatoms. The van der Waals surface area contributed by atoms with Crippen molar-refractivity contribution in [3.05, 3.63) is 64.2 Å². The first-order valence-electron chi connectivity index (χ1n) is 9.48. The molecule has 4 rings (SSSR count). The Bertz CT molecular complexity index is 963. The second-order valence-electron chi connectivity index (χ2n) is 7.02. The van der Waals surface area contributed by atoms with Gasteiger partial charge in [-0.2, -0.15) is 11.3 Å². The summed E-state index contributed by atoms with van der Waals surface area (Å²) in [6, 6.07) is 8.98. The van der Waals surface area contributed by atoms with Crippen LogP contribution in [-0.4, -0.2) is 53.0 Å². The quantitative estimate of drug-likeness (QED) is 0.575. The second-order valence-corrected chi connectivity index (χ2v) is 8.24. The summed E-state index contributed by atoms with van der Waals surface area (Å²) >= 11 is 7.57. The smallest absolute Gasteiger partial charge is 0.239 e. The van der Waals surface area contributed by atoms with Crippen LogP contribution in [0.25, 0.3) is 11.1 Å². The molecule has 0 spiro atoms. The lowest BCUT2D eigenvalue weighted by Gasteiger charge is -2.37. The van der Waals surface area contributed by atoms with Gasteiger partial charge < -0.3 is 15.5 Å². The SMILES string of the molecule is Cl.Cl.N[C@H](Cc1ccc(Cl)cc1)C(=O)N1CCN(c2ncncc2-c2ccsc2)CC1. The number of piperazine rings is 1. The van der Waals surface area contributed by atoms with Crippen LogP contribution in [0, 0.1) is 0 Å². The number of nitrogens with zero attached hydrogens (tertiary/aromatic N) is 4. The van der Waals surface area contributed by atoms with Gasteiger partial charge in [0.1, 0.15) is 12.1 Å². The lowest BCUT2D eigenvalue weighted by atomic mass is 10.1. The van der Waals surface area contributed by atoms with Crippen molar-refractivity contribution in [3.63, 3.8) is 0 Å². The number of hydrogen-bond donors (Lipinski definition) is 1. The molecule has 1 saturated heterocycles. The number of benzene rings is 1. The van der Waals surface area contributed by atoms with E-state index in [4.69, 9.17) is 17.3 Å². The Morgan fingerprint density at radius 1 is 1.13 bits per heavy atom. The molecule has 31 heavy (non-hydrogen) atoms. The summed E-state index contributed by atoms with van der Waals surface area (Å²) in [4.78, 5) is 25.6. The van der Waals surface area contributed by atoms with Crippen LogP contribution in [0.3, 0.4) is 0 Å². The summed E-state index contributed by atoms with van der Waals surface area (Å²) in [6.07, 6.45) is 3.93. The largest absolute Gasteiger partial charge is 0.352 e. The Morgan fingerprint density at radius 2 is 1.84 bits per heavy atom. The molecule has 0 unspecified atom stereocenters. The minimum absolute atomic E-state index is 0. The maximum Gasteiger partial charge on any atom is 0.239 e. The molecule has 1 amide bonds. The van der Waals surface area contributed by atoms with Gasteiger partial charge in [-0.3, -0.25) is 4.79 Å². The minimum Gasteiger partial charge on any atom is -0.352 e. The van der Waals surface area contributed by atoms with E-state index in [1.807, 2.05) is 40.7 Å². The summed E-state index contributed by atoms with van der Waals surface area (Å²) in [5, 5.41) is 4.82. The third-order valence-corrected chi connectivity index (χ3v) is 6.04. The van der Waals surface area contributed by atoms with Crippen molar-refractivity contribution >= 4 is 59.5 Å². The molecule has 6 nitrogen and oxygen atoms in total. The summed E-state index contributed by atoms with van der Waals surface area (Å²) in [5.74, 6) is 0.899. The summed E-state index contributed by atoms with van der Waals surface area (Å²) in [5.41, 5.74) is 9.35. The Balaban J connectivity index is 0.00000171. The molecule has 1 atom stereocenters. The van der Waals surface area contributed by atoms with Crippen molar-refractivity contribution in [2.24, 2.45) is 5.73 Å². The lowest BCUT2D eigenvalue weighted by molar-refractivity contribution is -0.132. The minimum atomic E-state index is -0.553. The molecular weight excluding hydrogens is 477 g/mol. The molecule has 1 aliphatic heterocycles. The number of carbonyl (C=O) groups excluding carboxylic acids is 1. The summed E-state index contributed by atoms with van der Waals surface area (Å²) < 4.78 is 0. The highest BCUT2D eigenvalue weighted by atomic mass is 35.5. The number of nitrogens with two attached hydrogens (primary N) is 1. The number of thiophene rings is 1. The number of anilines is 1. The fraction of sp³-hybridized carbons (Fsp3) is 0.286. The fourth-order valence-corrected chi connectivity index (χ4v) is 4.31. The van der Waals surface area contributed by atoms with E-state index in [0.717, 1.165) is 22.5 Å². The maximum atomic E-state index is 12.8. The summed E-state index contributed by atoms with van der Waals surface area (Å²) in [7, 11) is 0. The number of rotatable bonds is 5. The van der Waals surface area contributed by atoms with E-state index in [-0.39, 0.29) is 30.7 Å². The van der Waals surface area contributed by atoms with Crippen LogP contribution in [0.1, 0.15) is 5.56 Å². The van der Waals surface area contributed by atoms with Crippen molar-refractivity contribution in [2.45, 2.75) is 12.5 Å². The number of hydrogen-bond acceptors (Lipinski definition) is 6. The average molecular weight is 501 g/mol. The van der Waals surface area contributed by atoms with Gasteiger partial charge in [-0.05, 0) is 46.5 Å². The molecule has 0 aliphatic carbocycles. The normalized spacial score (nSPS) is 14.4. The van der Waals surface area contributed by atoms with Gasteiger partial charge in [-0.1, -0.05) is 23.7 Å². The number of halogens is 3. The monoisotopic (exact) mass is 499 g/mol. The highest BCUT2D eigenvalue weighted by Crippen LogP contribution is 2.30. The van der Waals surface area contributed by atoms with Crippen molar-refractivity contribution in [3.8, 4) is 11.1 Å². The molecule has 3 heterocycles. The Morgan fingerprint density at radius 3 is 2.48 bits per heavy atom. The van der Waals surface area contributed by atoms with Gasteiger partial charge in [0.15, 0.2) is 0 Å². The standard InChI is InChI=1S/C21H22ClN5OS.2ClH/c22-17-3-1-15(2-4-17)11-19(23)21(28)27-8-6-26(7-9-27)20-18(12-24-14-25-20)16-5-10-29-13-16;;/h1-5,10,12-14,19H,6-9,11,23H2;2*1H/t19-;;/m1../s1. The second kappa shape index (κ2) is 11.6. The van der Waals surface area contributed by atoms with Gasteiger partial charge in [-0.25, -0.2) is 9.97 Å². The molecule has 0 bridgehead atoms. The number of amides is 1. The van der Waals surface area contributed by atoms with Crippen molar-refractivity contribution in [2.75, 3.05) is 31.1 Å². The van der Waals surface area contributed by atoms with E-state index in [1.165, 1.54) is 0 Å². The molecule has 3 aromatic rings. The first-order valence-corrected chi connectivity index (χ1v) is 10.8. The zero-order valence-corrected chi connectivity index (χ0v) is 19.9. The van der Waals surface area contributed by atoms with Crippen LogP contribution in [0.15, 0.2) is 53.6 Å². The molecule has 1 aromatic carbocycles. The van der Waals surface area contributed by atoms with Crippen molar-refractivity contribution < 1.29 is 4.79 Å². The van der Waals surface area contributed by atoms with E-state index < -0.39 is 6.04 Å². The number of carbonyl (C=O) groups is 1. The third-order valence-electron chi connectivity index (χ3n) is 5.10. The molecule has 2 aromatic heterocycles. The molecular formula is C21H24Cl3N5OS. The van der Waals surface area contributed by atoms with Crippen LogP contribution in [0.5, 0.6) is 0 Å². The van der Waals surface area contributed by atoms with Gasteiger partial charge in [0.25, 0.3) is 0 Å². The van der Waals surface area contributed by atoms with Gasteiger partial charge >= 0.3 is 0 Å². The average Bonchev–Trinajstić information content (AvgIpc) is 3.30. The van der Waals surface area contributed by atoms with Crippen LogP contribution in [0.4, 0.5) is 5.82 Å². The van der Waals surface area contributed by atoms with Gasteiger partial charge in [0.05, 0.1) is 6.04 Å². The van der Waals surface area contributed by atoms with Crippen LogP contribution in [0.2, 0.25) is 5.02 Å². The molecule has 1 fully saturated rings. The molecule has 2 N–H and O–H groups in total. The third kappa shape index (κ3) is 6.08. The number of aromatic nitrogens is 2. The Labute approximate surface area is 203 Å². The first-order chi connectivity index (χ1) is 14.1. The van der Waals surface area contributed by atoms with Gasteiger partial charge in [0.2, 0.25) is 5.91 Å². The lowest BCUT2D eigenvalue weighted by Crippen LogP contribution is -2.54. The summed E-state index contributed by atoms with van der Waals surface area (Å²) in [6.45, 7) is 2.68. The van der Waals surface area contributed by atoms with E-state index in [1.54, 1.807) is 17.7 Å². The van der Waals surface area contributed by atoms with E-state index in [2.05, 4.69) is 26.3 Å². The van der Waals surface area contributed by atoms with Crippen LogP contribution >= 0.6 is 47.8 Å². The Hall–Kier alpha value is -1.90. The van der Waals surface area contributed by atoms with Crippen molar-refractivity contribution in [1.82, 2.24) is 14.9 Å². The van der Waals surface area contributed by atoms with Crippen molar-refractivity contribution in [1.29, 1.82) is 0 Å². The zero-order chi connectivity index (χ0) is 20.2. The molecule has 0 saturated carbocycles. The van der Waals surface area contributed by atoms with Gasteiger partial charge in [0, 0.05) is 43.0 Å². The predicted molar refractivity (Wildman–Crippen MR) is 132 cm³/mol. The maximum absolute atomic E-state index is 12.8. The van der Waals surface area contributed by atoms with E-state index in [9.17, 15) is 4.79 Å². The predicted octanol–water partition coefficient (Wildman–Crippen LogP) is 3.92. The Kier molecular flexibility index (Phi) is 9.53. The highest BCUT2D eigenvalue weighted by Gasteiger charge is 2.27. The van der Waals surface area contributed by atoms with Gasteiger partial charge in [-0.15, -0.1) is 24.8 Å². The molecule has 0 radical (unpaired) electrons. The van der Waals surface area contributed by atoms with E-state index in [0.29, 0.717) is 37.6 Å². The highest BCUT2D eigenvalue weighted by molar-refractivity contribution is 7.08. The van der Waals surface area contributed by atoms with E-state index >= 15 is 0 Å².